The lowest BCUT2D eigenvalue weighted by Crippen LogP contribution is -2.60. The number of aliphatic carboxylic acids is 1. The van der Waals surface area contributed by atoms with Crippen molar-refractivity contribution in [2.45, 2.75) is 31.2 Å². The number of carboxylic acid groups (broad SMARTS) is 1. The second-order valence-corrected chi connectivity index (χ2v) is 4.16. The second-order valence-electron chi connectivity index (χ2n) is 4.16. The fraction of sp³-hybridized carbons (Fsp3) is 0.889. The summed E-state index contributed by atoms with van der Waals surface area (Å²) >= 11 is 0. The lowest BCUT2D eigenvalue weighted by molar-refractivity contribution is -0.159. The third-order valence-electron chi connectivity index (χ3n) is 3.59. The van der Waals surface area contributed by atoms with Crippen LogP contribution in [-0.4, -0.2) is 35.1 Å². The first kappa shape index (κ1) is 8.05. The topological polar surface area (TPSA) is 40.5 Å². The minimum absolute atomic E-state index is 0.505. The van der Waals surface area contributed by atoms with Crippen molar-refractivity contribution in [3.63, 3.8) is 0 Å². The van der Waals surface area contributed by atoms with E-state index in [1.165, 1.54) is 0 Å². The maximum absolute atomic E-state index is 11.1. The van der Waals surface area contributed by atoms with Crippen molar-refractivity contribution in [1.82, 2.24) is 4.90 Å². The van der Waals surface area contributed by atoms with Gasteiger partial charge < -0.3 is 5.11 Å². The van der Waals surface area contributed by atoms with E-state index in [1.807, 2.05) is 11.9 Å². The molecule has 0 aromatic rings. The van der Waals surface area contributed by atoms with E-state index < -0.39 is 11.5 Å². The molecule has 1 saturated carbocycles. The number of likely N-dealkylation sites (N-methyl/N-ethyl adjacent to an activating group) is 1. The number of hydrogen-bond acceptors (Lipinski definition) is 2. The molecule has 2 heterocycles. The Morgan fingerprint density at radius 3 is 2.42 bits per heavy atom. The van der Waals surface area contributed by atoms with Gasteiger partial charge in [0.2, 0.25) is 0 Å². The molecule has 68 valence electrons. The van der Waals surface area contributed by atoms with E-state index in [1.54, 1.807) is 0 Å². The smallest absolute Gasteiger partial charge is 0.324 e. The first-order chi connectivity index (χ1) is 5.65. The van der Waals surface area contributed by atoms with Crippen LogP contribution in [0.25, 0.3) is 0 Å². The highest BCUT2D eigenvalue weighted by atomic mass is 16.4. The van der Waals surface area contributed by atoms with Crippen LogP contribution in [0, 0.1) is 5.92 Å². The molecule has 0 radical (unpaired) electrons. The van der Waals surface area contributed by atoms with Crippen molar-refractivity contribution < 1.29 is 9.90 Å². The molecular formula is C9H15NO2. The highest BCUT2D eigenvalue weighted by Crippen LogP contribution is 2.42. The largest absolute Gasteiger partial charge is 0.480 e. The minimum Gasteiger partial charge on any atom is -0.480 e. The summed E-state index contributed by atoms with van der Waals surface area (Å²) in [6, 6.07) is 0. The number of fused-ring (bicyclic) bond motifs is 3. The van der Waals surface area contributed by atoms with Crippen LogP contribution in [0.2, 0.25) is 0 Å². The maximum Gasteiger partial charge on any atom is 0.324 e. The molecule has 3 aliphatic rings. The van der Waals surface area contributed by atoms with Crippen LogP contribution >= 0.6 is 0 Å². The van der Waals surface area contributed by atoms with E-state index in [-0.39, 0.29) is 0 Å². The number of piperidine rings is 2. The maximum atomic E-state index is 11.1. The molecule has 0 aromatic heterocycles. The van der Waals surface area contributed by atoms with Crippen LogP contribution in [0.4, 0.5) is 0 Å². The zero-order chi connectivity index (χ0) is 8.77. The fourth-order valence-electron chi connectivity index (χ4n) is 2.66. The molecule has 3 nitrogen and oxygen atoms in total. The third-order valence-corrected chi connectivity index (χ3v) is 3.59. The van der Waals surface area contributed by atoms with Crippen LogP contribution in [0.15, 0.2) is 0 Å². The van der Waals surface area contributed by atoms with Crippen LogP contribution in [0.5, 0.6) is 0 Å². The molecule has 2 saturated heterocycles. The Morgan fingerprint density at radius 2 is 2.08 bits per heavy atom. The van der Waals surface area contributed by atoms with Gasteiger partial charge >= 0.3 is 5.97 Å². The molecule has 1 aliphatic carbocycles. The zero-order valence-corrected chi connectivity index (χ0v) is 7.42. The van der Waals surface area contributed by atoms with E-state index in [2.05, 4.69) is 0 Å². The Bertz CT molecular complexity index is 207. The van der Waals surface area contributed by atoms with Crippen LogP contribution < -0.4 is 0 Å². The second kappa shape index (κ2) is 2.46. The van der Waals surface area contributed by atoms with Crippen molar-refractivity contribution in [2.75, 3.05) is 13.6 Å². The van der Waals surface area contributed by atoms with E-state index >= 15 is 0 Å². The molecular weight excluding hydrogens is 154 g/mol. The van der Waals surface area contributed by atoms with Gasteiger partial charge in [-0.3, -0.25) is 9.69 Å². The molecule has 3 fully saturated rings. The molecule has 0 amide bonds. The monoisotopic (exact) mass is 169 g/mol. The molecule has 0 spiro atoms. The van der Waals surface area contributed by atoms with Crippen LogP contribution in [-0.2, 0) is 4.79 Å². The van der Waals surface area contributed by atoms with Crippen molar-refractivity contribution in [3.05, 3.63) is 0 Å². The highest BCUT2D eigenvalue weighted by Gasteiger charge is 2.49. The van der Waals surface area contributed by atoms with Gasteiger partial charge in [-0.1, -0.05) is 0 Å². The third kappa shape index (κ3) is 0.891. The molecule has 2 aliphatic heterocycles. The lowest BCUT2D eigenvalue weighted by atomic mass is 9.71. The van der Waals surface area contributed by atoms with Crippen molar-refractivity contribution in [2.24, 2.45) is 5.92 Å². The predicted octanol–water partition coefficient (Wildman–Crippen LogP) is 0.945. The van der Waals surface area contributed by atoms with Gasteiger partial charge in [0.05, 0.1) is 0 Å². The summed E-state index contributed by atoms with van der Waals surface area (Å²) in [7, 11) is 1.94. The molecule has 0 unspecified atom stereocenters. The van der Waals surface area contributed by atoms with Gasteiger partial charge in [-0.2, -0.15) is 0 Å². The number of hydrogen-bond donors (Lipinski definition) is 1. The molecule has 3 rings (SSSR count). The van der Waals surface area contributed by atoms with Crippen molar-refractivity contribution in [3.8, 4) is 0 Å². The van der Waals surface area contributed by atoms with E-state index in [0.29, 0.717) is 0 Å². The summed E-state index contributed by atoms with van der Waals surface area (Å²) in [5.74, 6) is 0.138. The zero-order valence-electron chi connectivity index (χ0n) is 7.42. The Labute approximate surface area is 72.4 Å². The summed E-state index contributed by atoms with van der Waals surface area (Å²) in [5.41, 5.74) is -0.505. The van der Waals surface area contributed by atoms with Crippen molar-refractivity contribution in [1.29, 1.82) is 0 Å². The predicted molar refractivity (Wildman–Crippen MR) is 45.0 cm³/mol. The standard InChI is InChI=1S/C9H15NO2/c1-10-6-7-2-4-9(10,5-3-7)8(11)12/h7H,2-6H2,1H3,(H,11,12). The quantitative estimate of drug-likeness (QED) is 0.635. The normalized spacial score (nSPS) is 41.6. The van der Waals surface area contributed by atoms with Gasteiger partial charge in [-0.15, -0.1) is 0 Å². The van der Waals surface area contributed by atoms with Gasteiger partial charge in [0, 0.05) is 6.54 Å². The summed E-state index contributed by atoms with van der Waals surface area (Å²) in [6.07, 6.45) is 3.92. The van der Waals surface area contributed by atoms with Gasteiger partial charge in [0.15, 0.2) is 0 Å². The molecule has 1 N–H and O–H groups in total. The van der Waals surface area contributed by atoms with Gasteiger partial charge in [0.1, 0.15) is 5.54 Å². The summed E-state index contributed by atoms with van der Waals surface area (Å²) in [5, 5.41) is 9.14. The van der Waals surface area contributed by atoms with Gasteiger partial charge in [-0.25, -0.2) is 0 Å². The Balaban J connectivity index is 2.26. The van der Waals surface area contributed by atoms with Gasteiger partial charge in [-0.05, 0) is 38.6 Å². The summed E-state index contributed by atoms with van der Waals surface area (Å²) in [6.45, 7) is 0.978. The number of carbonyl (C=O) groups is 1. The van der Waals surface area contributed by atoms with Crippen LogP contribution in [0.1, 0.15) is 25.7 Å². The average molecular weight is 169 g/mol. The SMILES string of the molecule is CN1CC2CCC1(C(=O)O)CC2. The lowest BCUT2D eigenvalue weighted by Gasteiger charge is -2.50. The van der Waals surface area contributed by atoms with Crippen molar-refractivity contribution >= 4 is 5.97 Å². The van der Waals surface area contributed by atoms with Gasteiger partial charge in [0.25, 0.3) is 0 Å². The first-order valence-electron chi connectivity index (χ1n) is 4.60. The molecule has 0 aromatic carbocycles. The molecule has 12 heavy (non-hydrogen) atoms. The molecule has 3 heteroatoms. The Hall–Kier alpha value is -0.570. The average Bonchev–Trinajstić information content (AvgIpc) is 2.05. The van der Waals surface area contributed by atoms with Crippen LogP contribution in [0.3, 0.4) is 0 Å². The first-order valence-corrected chi connectivity index (χ1v) is 4.60. The fourth-order valence-corrected chi connectivity index (χ4v) is 2.66. The number of rotatable bonds is 1. The number of nitrogens with zero attached hydrogens (tertiary/aromatic N) is 1. The summed E-state index contributed by atoms with van der Waals surface area (Å²) < 4.78 is 0. The minimum atomic E-state index is -0.622. The Kier molecular flexibility index (Phi) is 1.65. The van der Waals surface area contributed by atoms with E-state index in [9.17, 15) is 4.79 Å². The van der Waals surface area contributed by atoms with E-state index in [4.69, 9.17) is 5.11 Å². The summed E-state index contributed by atoms with van der Waals surface area (Å²) in [4.78, 5) is 13.1. The van der Waals surface area contributed by atoms with E-state index in [0.717, 1.165) is 38.1 Å². The number of carboxylic acids is 1. The molecule has 0 atom stereocenters. The Morgan fingerprint density at radius 1 is 1.50 bits per heavy atom. The molecule has 2 bridgehead atoms. The highest BCUT2D eigenvalue weighted by molar-refractivity contribution is 5.79.